The van der Waals surface area contributed by atoms with Crippen LogP contribution < -0.4 is 5.32 Å². The van der Waals surface area contributed by atoms with Crippen molar-refractivity contribution in [2.24, 2.45) is 0 Å². The Morgan fingerprint density at radius 1 is 1.05 bits per heavy atom. The highest BCUT2D eigenvalue weighted by molar-refractivity contribution is 9.10. The SMILES string of the molecule is CCNC(c1cccc(Br)c1)c1ccc2ncccc2c1. The van der Waals surface area contributed by atoms with E-state index in [0.29, 0.717) is 0 Å². The number of halogens is 1. The number of nitrogens with one attached hydrogen (secondary N) is 1. The molecule has 3 heteroatoms. The van der Waals surface area contributed by atoms with Crippen LogP contribution in [0.1, 0.15) is 24.1 Å². The molecule has 21 heavy (non-hydrogen) atoms. The number of benzene rings is 2. The molecule has 0 aliphatic rings. The predicted molar refractivity (Wildman–Crippen MR) is 91.4 cm³/mol. The van der Waals surface area contributed by atoms with Crippen LogP contribution in [0.2, 0.25) is 0 Å². The zero-order chi connectivity index (χ0) is 14.7. The summed E-state index contributed by atoms with van der Waals surface area (Å²) in [6.07, 6.45) is 1.83. The van der Waals surface area contributed by atoms with Crippen molar-refractivity contribution in [3.05, 3.63) is 76.4 Å². The van der Waals surface area contributed by atoms with E-state index in [1.807, 2.05) is 12.3 Å². The third kappa shape index (κ3) is 3.14. The van der Waals surface area contributed by atoms with Crippen LogP contribution in [0.3, 0.4) is 0 Å². The first-order valence-corrected chi connectivity index (χ1v) is 7.91. The van der Waals surface area contributed by atoms with Crippen LogP contribution in [0.25, 0.3) is 10.9 Å². The van der Waals surface area contributed by atoms with Crippen LogP contribution in [0, 0.1) is 0 Å². The van der Waals surface area contributed by atoms with E-state index in [4.69, 9.17) is 0 Å². The van der Waals surface area contributed by atoms with Crippen molar-refractivity contribution in [2.75, 3.05) is 6.54 Å². The topological polar surface area (TPSA) is 24.9 Å². The molecule has 1 atom stereocenters. The van der Waals surface area contributed by atoms with Crippen LogP contribution in [0.5, 0.6) is 0 Å². The van der Waals surface area contributed by atoms with Gasteiger partial charge in [0.15, 0.2) is 0 Å². The highest BCUT2D eigenvalue weighted by atomic mass is 79.9. The fourth-order valence-corrected chi connectivity index (χ4v) is 3.01. The Hall–Kier alpha value is -1.71. The fraction of sp³-hybridized carbons (Fsp3) is 0.167. The molecule has 0 fully saturated rings. The molecule has 106 valence electrons. The number of aromatic nitrogens is 1. The van der Waals surface area contributed by atoms with Gasteiger partial charge >= 0.3 is 0 Å². The standard InChI is InChI=1S/C18H17BrN2/c1-2-20-18(14-5-3-7-16(19)12-14)15-8-9-17-13(11-15)6-4-10-21-17/h3-12,18,20H,2H2,1H3. The third-order valence-electron chi connectivity index (χ3n) is 3.55. The zero-order valence-electron chi connectivity index (χ0n) is 11.9. The Morgan fingerprint density at radius 2 is 1.90 bits per heavy atom. The van der Waals surface area contributed by atoms with E-state index in [2.05, 4.69) is 81.7 Å². The Kier molecular flexibility index (Phi) is 4.32. The van der Waals surface area contributed by atoms with Gasteiger partial charge in [0.25, 0.3) is 0 Å². The van der Waals surface area contributed by atoms with E-state index in [1.54, 1.807) is 0 Å². The van der Waals surface area contributed by atoms with Gasteiger partial charge in [-0.25, -0.2) is 0 Å². The van der Waals surface area contributed by atoms with E-state index in [1.165, 1.54) is 16.5 Å². The third-order valence-corrected chi connectivity index (χ3v) is 4.04. The molecule has 1 unspecified atom stereocenters. The molecular formula is C18H17BrN2. The second-order valence-electron chi connectivity index (χ2n) is 5.00. The maximum Gasteiger partial charge on any atom is 0.0702 e. The summed E-state index contributed by atoms with van der Waals surface area (Å²) in [5.41, 5.74) is 3.55. The molecule has 0 aliphatic heterocycles. The van der Waals surface area contributed by atoms with Gasteiger partial charge in [-0.15, -0.1) is 0 Å². The zero-order valence-corrected chi connectivity index (χ0v) is 13.5. The summed E-state index contributed by atoms with van der Waals surface area (Å²) in [5.74, 6) is 0. The largest absolute Gasteiger partial charge is 0.307 e. The van der Waals surface area contributed by atoms with Crippen molar-refractivity contribution in [3.63, 3.8) is 0 Å². The molecule has 1 N–H and O–H groups in total. The van der Waals surface area contributed by atoms with Crippen molar-refractivity contribution in [2.45, 2.75) is 13.0 Å². The van der Waals surface area contributed by atoms with Gasteiger partial charge in [-0.1, -0.05) is 47.1 Å². The van der Waals surface area contributed by atoms with Crippen LogP contribution in [-0.2, 0) is 0 Å². The predicted octanol–water partition coefficient (Wildman–Crippen LogP) is 4.70. The summed E-state index contributed by atoms with van der Waals surface area (Å²) in [6.45, 7) is 3.05. The Morgan fingerprint density at radius 3 is 2.71 bits per heavy atom. The first kappa shape index (κ1) is 14.2. The molecule has 1 aromatic heterocycles. The lowest BCUT2D eigenvalue weighted by Crippen LogP contribution is -2.21. The van der Waals surface area contributed by atoms with Gasteiger partial charge in [0.2, 0.25) is 0 Å². The van der Waals surface area contributed by atoms with Gasteiger partial charge in [0.05, 0.1) is 11.6 Å². The average molecular weight is 341 g/mol. The van der Waals surface area contributed by atoms with E-state index in [-0.39, 0.29) is 6.04 Å². The summed E-state index contributed by atoms with van der Waals surface area (Å²) < 4.78 is 1.10. The van der Waals surface area contributed by atoms with Gasteiger partial charge in [-0.2, -0.15) is 0 Å². The molecular weight excluding hydrogens is 324 g/mol. The molecule has 1 heterocycles. The summed E-state index contributed by atoms with van der Waals surface area (Å²) in [7, 11) is 0. The summed E-state index contributed by atoms with van der Waals surface area (Å²) >= 11 is 3.56. The minimum atomic E-state index is 0.192. The first-order chi connectivity index (χ1) is 10.3. The van der Waals surface area contributed by atoms with Crippen LogP contribution in [0.4, 0.5) is 0 Å². The van der Waals surface area contributed by atoms with E-state index >= 15 is 0 Å². The van der Waals surface area contributed by atoms with Crippen molar-refractivity contribution >= 4 is 26.8 Å². The Balaban J connectivity index is 2.06. The van der Waals surface area contributed by atoms with E-state index < -0.39 is 0 Å². The summed E-state index contributed by atoms with van der Waals surface area (Å²) in [4.78, 5) is 4.39. The molecule has 3 aromatic rings. The molecule has 3 rings (SSSR count). The summed E-state index contributed by atoms with van der Waals surface area (Å²) in [5, 5.41) is 4.74. The second kappa shape index (κ2) is 6.37. The summed E-state index contributed by atoms with van der Waals surface area (Å²) in [6, 6.07) is 19.2. The molecule has 0 amide bonds. The number of fused-ring (bicyclic) bond motifs is 1. The minimum absolute atomic E-state index is 0.192. The van der Waals surface area contributed by atoms with Crippen molar-refractivity contribution < 1.29 is 0 Å². The lowest BCUT2D eigenvalue weighted by Gasteiger charge is -2.19. The molecule has 0 saturated heterocycles. The Bertz CT molecular complexity index is 755. The van der Waals surface area contributed by atoms with Crippen LogP contribution >= 0.6 is 15.9 Å². The molecule has 2 aromatic carbocycles. The number of nitrogens with zero attached hydrogens (tertiary/aromatic N) is 1. The monoisotopic (exact) mass is 340 g/mol. The van der Waals surface area contributed by atoms with Gasteiger partial charge in [0.1, 0.15) is 0 Å². The van der Waals surface area contributed by atoms with Gasteiger partial charge in [-0.05, 0) is 48.0 Å². The molecule has 0 radical (unpaired) electrons. The van der Waals surface area contributed by atoms with Gasteiger partial charge < -0.3 is 5.32 Å². The normalized spacial score (nSPS) is 12.5. The second-order valence-corrected chi connectivity index (χ2v) is 5.92. The van der Waals surface area contributed by atoms with Crippen LogP contribution in [-0.4, -0.2) is 11.5 Å². The number of rotatable bonds is 4. The molecule has 0 bridgehead atoms. The maximum absolute atomic E-state index is 4.39. The molecule has 0 saturated carbocycles. The van der Waals surface area contributed by atoms with Gasteiger partial charge in [0, 0.05) is 16.1 Å². The lowest BCUT2D eigenvalue weighted by molar-refractivity contribution is 0.631. The van der Waals surface area contributed by atoms with Crippen molar-refractivity contribution in [1.82, 2.24) is 10.3 Å². The highest BCUT2D eigenvalue weighted by Gasteiger charge is 2.13. The van der Waals surface area contributed by atoms with E-state index in [0.717, 1.165) is 16.5 Å². The smallest absolute Gasteiger partial charge is 0.0702 e. The van der Waals surface area contributed by atoms with Crippen LogP contribution in [0.15, 0.2) is 65.3 Å². The lowest BCUT2D eigenvalue weighted by atomic mass is 9.97. The average Bonchev–Trinajstić information content (AvgIpc) is 2.52. The maximum atomic E-state index is 4.39. The molecule has 0 aliphatic carbocycles. The highest BCUT2D eigenvalue weighted by Crippen LogP contribution is 2.26. The number of hydrogen-bond donors (Lipinski definition) is 1. The first-order valence-electron chi connectivity index (χ1n) is 7.11. The number of hydrogen-bond acceptors (Lipinski definition) is 2. The quantitative estimate of drug-likeness (QED) is 0.744. The van der Waals surface area contributed by atoms with Gasteiger partial charge in [-0.3, -0.25) is 4.98 Å². The van der Waals surface area contributed by atoms with E-state index in [9.17, 15) is 0 Å². The minimum Gasteiger partial charge on any atom is -0.307 e. The number of pyridine rings is 1. The van der Waals surface area contributed by atoms with Crippen molar-refractivity contribution in [1.29, 1.82) is 0 Å². The Labute approximate surface area is 133 Å². The fourth-order valence-electron chi connectivity index (χ4n) is 2.59. The molecule has 0 spiro atoms. The molecule has 2 nitrogen and oxygen atoms in total. The van der Waals surface area contributed by atoms with Crippen molar-refractivity contribution in [3.8, 4) is 0 Å².